The molecule has 0 bridgehead atoms. The molecule has 1 N–H and O–H groups in total. The fraction of sp³-hybridized carbons (Fsp3) is 0.444. The van der Waals surface area contributed by atoms with E-state index in [9.17, 15) is 4.79 Å². The van der Waals surface area contributed by atoms with E-state index in [0.717, 1.165) is 14.9 Å². The fourth-order valence-corrected chi connectivity index (χ4v) is 3.10. The Hall–Kier alpha value is -0.350. The van der Waals surface area contributed by atoms with Crippen molar-refractivity contribution >= 4 is 33.2 Å². The minimum atomic E-state index is -0.745. The third kappa shape index (κ3) is 2.11. The lowest BCUT2D eigenvalue weighted by Gasteiger charge is -2.07. The standard InChI is InChI=1S/C9H11BrO2S/c1-3-6(9(11)12)8-7(10)5(2)4-13-8/h4,6H,3H2,1-2H3,(H,11,12). The minimum absolute atomic E-state index is 0.368. The first-order valence-corrected chi connectivity index (χ1v) is 5.71. The molecule has 1 unspecified atom stereocenters. The summed E-state index contributed by atoms with van der Waals surface area (Å²) in [6, 6.07) is 0. The normalized spacial score (nSPS) is 12.8. The van der Waals surface area contributed by atoms with Crippen molar-refractivity contribution in [3.05, 3.63) is 20.3 Å². The maximum absolute atomic E-state index is 10.9. The quantitative estimate of drug-likeness (QED) is 0.907. The first-order valence-electron chi connectivity index (χ1n) is 4.04. The van der Waals surface area contributed by atoms with Crippen LogP contribution >= 0.6 is 27.3 Å². The molecule has 1 aromatic rings. The van der Waals surface area contributed by atoms with Crippen molar-refractivity contribution in [3.8, 4) is 0 Å². The lowest BCUT2D eigenvalue weighted by atomic mass is 10.0. The highest BCUT2D eigenvalue weighted by molar-refractivity contribution is 9.10. The molecule has 0 saturated heterocycles. The second-order valence-electron chi connectivity index (χ2n) is 2.90. The molecule has 0 saturated carbocycles. The number of rotatable bonds is 3. The summed E-state index contributed by atoms with van der Waals surface area (Å²) in [7, 11) is 0. The van der Waals surface area contributed by atoms with Gasteiger partial charge < -0.3 is 5.11 Å². The van der Waals surface area contributed by atoms with E-state index in [1.807, 2.05) is 19.2 Å². The average Bonchev–Trinajstić information content (AvgIpc) is 2.37. The molecule has 0 spiro atoms. The molecule has 0 fully saturated rings. The number of hydrogen-bond acceptors (Lipinski definition) is 2. The predicted molar refractivity (Wildman–Crippen MR) is 57.4 cm³/mol. The van der Waals surface area contributed by atoms with Crippen molar-refractivity contribution in [1.82, 2.24) is 0 Å². The molecule has 1 aromatic heterocycles. The Kier molecular flexibility index (Phi) is 3.50. The molecule has 13 heavy (non-hydrogen) atoms. The second kappa shape index (κ2) is 4.24. The van der Waals surface area contributed by atoms with Gasteiger partial charge in [-0.25, -0.2) is 0 Å². The number of thiophene rings is 1. The Bertz CT molecular complexity index is 319. The van der Waals surface area contributed by atoms with Crippen LogP contribution in [0.5, 0.6) is 0 Å². The van der Waals surface area contributed by atoms with E-state index in [0.29, 0.717) is 6.42 Å². The summed E-state index contributed by atoms with van der Waals surface area (Å²) < 4.78 is 0.951. The maximum atomic E-state index is 10.9. The number of hydrogen-bond donors (Lipinski definition) is 1. The van der Waals surface area contributed by atoms with E-state index < -0.39 is 5.97 Å². The molecule has 0 radical (unpaired) electrons. The van der Waals surface area contributed by atoms with Crippen LogP contribution in [0.1, 0.15) is 29.7 Å². The van der Waals surface area contributed by atoms with Crippen LogP contribution in [-0.2, 0) is 4.79 Å². The predicted octanol–water partition coefficient (Wildman–Crippen LogP) is 3.40. The molecule has 1 heterocycles. The van der Waals surface area contributed by atoms with Gasteiger partial charge in [0, 0.05) is 9.35 Å². The third-order valence-corrected chi connectivity index (χ3v) is 4.48. The number of halogens is 1. The monoisotopic (exact) mass is 262 g/mol. The summed E-state index contributed by atoms with van der Waals surface area (Å²) in [6.07, 6.45) is 0.633. The zero-order valence-electron chi connectivity index (χ0n) is 7.50. The Morgan fingerprint density at radius 3 is 2.69 bits per heavy atom. The molecule has 1 atom stereocenters. The maximum Gasteiger partial charge on any atom is 0.311 e. The SMILES string of the molecule is CCC(C(=O)O)c1scc(C)c1Br. The smallest absolute Gasteiger partial charge is 0.311 e. The molecule has 4 heteroatoms. The average molecular weight is 263 g/mol. The molecular formula is C9H11BrO2S. The van der Waals surface area contributed by atoms with Crippen LogP contribution in [0.2, 0.25) is 0 Å². The van der Waals surface area contributed by atoms with Gasteiger partial charge in [-0.05, 0) is 40.2 Å². The van der Waals surface area contributed by atoms with Gasteiger partial charge in [0.1, 0.15) is 0 Å². The number of carboxylic acids is 1. The fourth-order valence-electron chi connectivity index (χ4n) is 1.16. The van der Waals surface area contributed by atoms with Crippen LogP contribution < -0.4 is 0 Å². The second-order valence-corrected chi connectivity index (χ2v) is 4.60. The van der Waals surface area contributed by atoms with E-state index in [1.165, 1.54) is 11.3 Å². The molecular weight excluding hydrogens is 252 g/mol. The summed E-state index contributed by atoms with van der Waals surface area (Å²) in [4.78, 5) is 11.8. The van der Waals surface area contributed by atoms with Crippen LogP contribution in [0.15, 0.2) is 9.85 Å². The number of carboxylic acid groups (broad SMARTS) is 1. The number of aliphatic carboxylic acids is 1. The van der Waals surface area contributed by atoms with Gasteiger partial charge in [-0.15, -0.1) is 11.3 Å². The van der Waals surface area contributed by atoms with Gasteiger partial charge >= 0.3 is 5.97 Å². The van der Waals surface area contributed by atoms with Crippen molar-refractivity contribution in [1.29, 1.82) is 0 Å². The highest BCUT2D eigenvalue weighted by atomic mass is 79.9. The zero-order chi connectivity index (χ0) is 10.0. The summed E-state index contributed by atoms with van der Waals surface area (Å²) in [5, 5.41) is 10.9. The van der Waals surface area contributed by atoms with Crippen molar-refractivity contribution in [2.24, 2.45) is 0 Å². The topological polar surface area (TPSA) is 37.3 Å². The molecule has 0 amide bonds. The summed E-state index contributed by atoms with van der Waals surface area (Å²) in [5.74, 6) is -1.11. The van der Waals surface area contributed by atoms with Crippen molar-refractivity contribution in [2.45, 2.75) is 26.2 Å². The third-order valence-electron chi connectivity index (χ3n) is 1.95. The van der Waals surface area contributed by atoms with Crippen LogP contribution in [-0.4, -0.2) is 11.1 Å². The van der Waals surface area contributed by atoms with Crippen molar-refractivity contribution in [3.63, 3.8) is 0 Å². The van der Waals surface area contributed by atoms with Gasteiger partial charge in [0.15, 0.2) is 0 Å². The van der Waals surface area contributed by atoms with Gasteiger partial charge in [0.25, 0.3) is 0 Å². The zero-order valence-corrected chi connectivity index (χ0v) is 9.91. The number of aryl methyl sites for hydroxylation is 1. The first-order chi connectivity index (χ1) is 6.07. The van der Waals surface area contributed by atoms with Gasteiger partial charge in [-0.3, -0.25) is 4.79 Å². The van der Waals surface area contributed by atoms with Crippen molar-refractivity contribution in [2.75, 3.05) is 0 Å². The molecule has 0 aromatic carbocycles. The Morgan fingerprint density at radius 1 is 1.77 bits per heavy atom. The van der Waals surface area contributed by atoms with Crippen LogP contribution in [0.25, 0.3) is 0 Å². The summed E-state index contributed by atoms with van der Waals surface area (Å²) in [6.45, 7) is 3.86. The number of carbonyl (C=O) groups is 1. The van der Waals surface area contributed by atoms with E-state index in [1.54, 1.807) is 0 Å². The Labute approximate surface area is 89.7 Å². The van der Waals surface area contributed by atoms with Gasteiger partial charge in [0.05, 0.1) is 5.92 Å². The summed E-state index contributed by atoms with van der Waals surface area (Å²) >= 11 is 4.92. The van der Waals surface area contributed by atoms with E-state index in [2.05, 4.69) is 15.9 Å². The molecule has 2 nitrogen and oxygen atoms in total. The van der Waals surface area contributed by atoms with Crippen LogP contribution in [0.4, 0.5) is 0 Å². The van der Waals surface area contributed by atoms with Crippen LogP contribution in [0, 0.1) is 6.92 Å². The van der Waals surface area contributed by atoms with E-state index >= 15 is 0 Å². The molecule has 72 valence electrons. The molecule has 0 aliphatic rings. The highest BCUT2D eigenvalue weighted by Gasteiger charge is 2.22. The largest absolute Gasteiger partial charge is 0.481 e. The summed E-state index contributed by atoms with van der Waals surface area (Å²) in [5.41, 5.74) is 1.11. The van der Waals surface area contributed by atoms with Gasteiger partial charge in [-0.2, -0.15) is 0 Å². The molecule has 0 aliphatic heterocycles. The first kappa shape index (κ1) is 10.7. The van der Waals surface area contributed by atoms with E-state index in [4.69, 9.17) is 5.11 Å². The Morgan fingerprint density at radius 2 is 2.38 bits per heavy atom. The minimum Gasteiger partial charge on any atom is -0.481 e. The van der Waals surface area contributed by atoms with Crippen molar-refractivity contribution < 1.29 is 9.90 Å². The lowest BCUT2D eigenvalue weighted by Crippen LogP contribution is -2.09. The molecule has 0 aliphatic carbocycles. The Balaban J connectivity index is 3.05. The molecule has 1 rings (SSSR count). The van der Waals surface area contributed by atoms with Gasteiger partial charge in [-0.1, -0.05) is 6.92 Å². The lowest BCUT2D eigenvalue weighted by molar-refractivity contribution is -0.138. The highest BCUT2D eigenvalue weighted by Crippen LogP contribution is 2.35. The van der Waals surface area contributed by atoms with Crippen LogP contribution in [0.3, 0.4) is 0 Å². The van der Waals surface area contributed by atoms with Gasteiger partial charge in [0.2, 0.25) is 0 Å². The van der Waals surface area contributed by atoms with E-state index in [-0.39, 0.29) is 5.92 Å².